The zero-order chi connectivity index (χ0) is 12.3. The molecule has 0 amide bonds. The van der Waals surface area contributed by atoms with E-state index in [4.69, 9.17) is 10.5 Å². The zero-order valence-corrected chi connectivity index (χ0v) is 10.9. The second-order valence-corrected chi connectivity index (χ2v) is 5.30. The Bertz CT molecular complexity index is 338. The summed E-state index contributed by atoms with van der Waals surface area (Å²) < 4.78 is 5.38. The van der Waals surface area contributed by atoms with Crippen LogP contribution in [0.4, 0.5) is 0 Å². The Hall–Kier alpha value is -0.860. The zero-order valence-electron chi connectivity index (χ0n) is 10.9. The molecular weight excluding hydrogens is 210 g/mol. The second-order valence-electron chi connectivity index (χ2n) is 5.30. The Balaban J connectivity index is 2.05. The first-order chi connectivity index (χ1) is 8.18. The van der Waals surface area contributed by atoms with Gasteiger partial charge in [0.2, 0.25) is 0 Å². The molecule has 1 aromatic carbocycles. The smallest absolute Gasteiger partial charge is 0.0469 e. The molecule has 1 saturated heterocycles. The third-order valence-electron chi connectivity index (χ3n) is 3.76. The number of ether oxygens (including phenoxy) is 1. The van der Waals surface area contributed by atoms with E-state index in [0.717, 1.165) is 26.1 Å². The first-order valence-electron chi connectivity index (χ1n) is 6.61. The van der Waals surface area contributed by atoms with Crippen molar-refractivity contribution in [3.8, 4) is 0 Å². The molecule has 0 saturated carbocycles. The molecule has 0 aliphatic carbocycles. The number of benzene rings is 1. The van der Waals surface area contributed by atoms with E-state index in [1.165, 1.54) is 11.1 Å². The van der Waals surface area contributed by atoms with Gasteiger partial charge >= 0.3 is 0 Å². The van der Waals surface area contributed by atoms with E-state index in [2.05, 4.69) is 38.1 Å². The first kappa shape index (κ1) is 12.6. The van der Waals surface area contributed by atoms with Crippen LogP contribution in [0.1, 0.15) is 49.8 Å². The standard InChI is InChI=1S/C15H23NO/c1-11(2)12-3-5-13(6-4-12)15(16)14-7-9-17-10-8-14/h3-6,11,14-15H,7-10,16H2,1-2H3/t15-/m1/s1. The summed E-state index contributed by atoms with van der Waals surface area (Å²) in [6, 6.07) is 8.96. The predicted molar refractivity (Wildman–Crippen MR) is 71.0 cm³/mol. The molecule has 1 fully saturated rings. The second kappa shape index (κ2) is 5.65. The molecule has 2 heteroatoms. The molecule has 0 spiro atoms. The van der Waals surface area contributed by atoms with Gasteiger partial charge in [0.05, 0.1) is 0 Å². The van der Waals surface area contributed by atoms with Crippen molar-refractivity contribution in [3.05, 3.63) is 35.4 Å². The van der Waals surface area contributed by atoms with Gasteiger partial charge in [-0.15, -0.1) is 0 Å². The van der Waals surface area contributed by atoms with Crippen molar-refractivity contribution < 1.29 is 4.74 Å². The van der Waals surface area contributed by atoms with Crippen LogP contribution in [0.25, 0.3) is 0 Å². The third-order valence-corrected chi connectivity index (χ3v) is 3.76. The van der Waals surface area contributed by atoms with Crippen molar-refractivity contribution in [3.63, 3.8) is 0 Å². The van der Waals surface area contributed by atoms with Crippen LogP contribution >= 0.6 is 0 Å². The highest BCUT2D eigenvalue weighted by Gasteiger charge is 2.22. The Kier molecular flexibility index (Phi) is 4.19. The molecule has 0 unspecified atom stereocenters. The lowest BCUT2D eigenvalue weighted by Crippen LogP contribution is -2.27. The fourth-order valence-corrected chi connectivity index (χ4v) is 2.45. The summed E-state index contributed by atoms with van der Waals surface area (Å²) >= 11 is 0. The van der Waals surface area contributed by atoms with Crippen LogP contribution < -0.4 is 5.73 Å². The van der Waals surface area contributed by atoms with Gasteiger partial charge < -0.3 is 10.5 Å². The van der Waals surface area contributed by atoms with Crippen LogP contribution in [0, 0.1) is 5.92 Å². The largest absolute Gasteiger partial charge is 0.381 e. The lowest BCUT2D eigenvalue weighted by molar-refractivity contribution is 0.0584. The molecular formula is C15H23NO. The Morgan fingerprint density at radius 3 is 2.12 bits per heavy atom. The maximum atomic E-state index is 6.34. The minimum atomic E-state index is 0.167. The molecule has 1 aliphatic heterocycles. The molecule has 94 valence electrons. The minimum absolute atomic E-state index is 0.167. The third kappa shape index (κ3) is 3.08. The van der Waals surface area contributed by atoms with E-state index in [9.17, 15) is 0 Å². The molecule has 1 heterocycles. The number of rotatable bonds is 3. The fraction of sp³-hybridized carbons (Fsp3) is 0.600. The van der Waals surface area contributed by atoms with Crippen molar-refractivity contribution in [1.82, 2.24) is 0 Å². The van der Waals surface area contributed by atoms with Crippen molar-refractivity contribution in [2.45, 2.75) is 38.6 Å². The van der Waals surface area contributed by atoms with Crippen molar-refractivity contribution in [2.75, 3.05) is 13.2 Å². The van der Waals surface area contributed by atoms with E-state index < -0.39 is 0 Å². The molecule has 1 atom stereocenters. The number of nitrogens with two attached hydrogens (primary N) is 1. The van der Waals surface area contributed by atoms with Crippen LogP contribution in [0.3, 0.4) is 0 Å². The highest BCUT2D eigenvalue weighted by molar-refractivity contribution is 5.27. The topological polar surface area (TPSA) is 35.2 Å². The number of hydrogen-bond donors (Lipinski definition) is 1. The highest BCUT2D eigenvalue weighted by atomic mass is 16.5. The summed E-state index contributed by atoms with van der Waals surface area (Å²) in [5.41, 5.74) is 8.99. The molecule has 2 nitrogen and oxygen atoms in total. The summed E-state index contributed by atoms with van der Waals surface area (Å²) in [7, 11) is 0. The molecule has 2 N–H and O–H groups in total. The van der Waals surface area contributed by atoms with Gasteiger partial charge in [-0.25, -0.2) is 0 Å². The molecule has 0 aromatic heterocycles. The molecule has 1 aromatic rings. The van der Waals surface area contributed by atoms with E-state index in [1.807, 2.05) is 0 Å². The van der Waals surface area contributed by atoms with Crippen molar-refractivity contribution >= 4 is 0 Å². The molecule has 17 heavy (non-hydrogen) atoms. The maximum absolute atomic E-state index is 6.34. The summed E-state index contributed by atoms with van der Waals surface area (Å²) in [6.45, 7) is 6.16. The first-order valence-corrected chi connectivity index (χ1v) is 6.61. The Morgan fingerprint density at radius 2 is 1.59 bits per heavy atom. The van der Waals surface area contributed by atoms with Crippen LogP contribution in [0.2, 0.25) is 0 Å². The van der Waals surface area contributed by atoms with E-state index in [-0.39, 0.29) is 6.04 Å². The normalized spacial score (nSPS) is 19.5. The van der Waals surface area contributed by atoms with E-state index in [0.29, 0.717) is 11.8 Å². The van der Waals surface area contributed by atoms with Gasteiger partial charge in [0.15, 0.2) is 0 Å². The Labute approximate surface area is 104 Å². The van der Waals surface area contributed by atoms with Gasteiger partial charge in [0.1, 0.15) is 0 Å². The minimum Gasteiger partial charge on any atom is -0.381 e. The van der Waals surface area contributed by atoms with Crippen LogP contribution in [-0.4, -0.2) is 13.2 Å². The average molecular weight is 233 g/mol. The highest BCUT2D eigenvalue weighted by Crippen LogP contribution is 2.28. The SMILES string of the molecule is CC(C)c1ccc([C@@H](N)C2CCOCC2)cc1. The van der Waals surface area contributed by atoms with Crippen molar-refractivity contribution in [1.29, 1.82) is 0 Å². The molecule has 0 radical (unpaired) electrons. The van der Waals surface area contributed by atoms with Crippen LogP contribution in [0.15, 0.2) is 24.3 Å². The van der Waals surface area contributed by atoms with Crippen LogP contribution in [-0.2, 0) is 4.74 Å². The Morgan fingerprint density at radius 1 is 1.06 bits per heavy atom. The lowest BCUT2D eigenvalue weighted by Gasteiger charge is -2.28. The van der Waals surface area contributed by atoms with E-state index in [1.54, 1.807) is 0 Å². The molecule has 0 bridgehead atoms. The van der Waals surface area contributed by atoms with Crippen molar-refractivity contribution in [2.24, 2.45) is 11.7 Å². The summed E-state index contributed by atoms with van der Waals surface area (Å²) in [5, 5.41) is 0. The van der Waals surface area contributed by atoms with Gasteiger partial charge in [-0.3, -0.25) is 0 Å². The van der Waals surface area contributed by atoms with Gasteiger partial charge in [-0.2, -0.15) is 0 Å². The fourth-order valence-electron chi connectivity index (χ4n) is 2.45. The summed E-state index contributed by atoms with van der Waals surface area (Å²) in [4.78, 5) is 0. The predicted octanol–water partition coefficient (Wildman–Crippen LogP) is 3.24. The average Bonchev–Trinajstić information content (AvgIpc) is 2.39. The van der Waals surface area contributed by atoms with Gasteiger partial charge in [-0.1, -0.05) is 38.1 Å². The monoisotopic (exact) mass is 233 g/mol. The maximum Gasteiger partial charge on any atom is 0.0469 e. The van der Waals surface area contributed by atoms with Gasteiger partial charge in [0.25, 0.3) is 0 Å². The number of hydrogen-bond acceptors (Lipinski definition) is 2. The quantitative estimate of drug-likeness (QED) is 0.870. The molecule has 2 rings (SSSR count). The lowest BCUT2D eigenvalue weighted by atomic mass is 9.87. The summed E-state index contributed by atoms with van der Waals surface area (Å²) in [5.74, 6) is 1.16. The summed E-state index contributed by atoms with van der Waals surface area (Å²) in [6.07, 6.45) is 2.18. The van der Waals surface area contributed by atoms with Crippen LogP contribution in [0.5, 0.6) is 0 Å². The van der Waals surface area contributed by atoms with E-state index >= 15 is 0 Å². The van der Waals surface area contributed by atoms with Gasteiger partial charge in [-0.05, 0) is 35.8 Å². The van der Waals surface area contributed by atoms with Gasteiger partial charge in [0, 0.05) is 19.3 Å². The molecule has 1 aliphatic rings.